The number of anilines is 1. The minimum absolute atomic E-state index is 0.0375. The molecule has 2 unspecified atom stereocenters. The van der Waals surface area contributed by atoms with Gasteiger partial charge in [-0.15, -0.1) is 0 Å². The van der Waals surface area contributed by atoms with E-state index in [2.05, 4.69) is 34.0 Å². The SMILES string of the molecule is CC(=NCCCCC1CN(C(=O)OC(C)(C)C)C(C)(C)C1)C(=CN)SNC(=O)c1ccc(N2C=CC(OCCC3(C(F)(F)F)CC3)N2)nc1Cl. The van der Waals surface area contributed by atoms with Crippen molar-refractivity contribution in [3.8, 4) is 0 Å². The van der Waals surface area contributed by atoms with Crippen molar-refractivity contribution in [1.82, 2.24) is 20.0 Å². The first-order valence-corrected chi connectivity index (χ1v) is 18.0. The number of nitrogens with zero attached hydrogens (tertiary/aromatic N) is 4. The zero-order chi connectivity index (χ0) is 36.9. The molecule has 278 valence electrons. The van der Waals surface area contributed by atoms with Crippen molar-refractivity contribution in [2.24, 2.45) is 22.1 Å². The molecule has 16 heteroatoms. The largest absolute Gasteiger partial charge is 0.444 e. The molecule has 0 bridgehead atoms. The van der Waals surface area contributed by atoms with Crippen molar-refractivity contribution >= 4 is 47.1 Å². The molecule has 1 aliphatic carbocycles. The Labute approximate surface area is 301 Å². The molecule has 1 aromatic heterocycles. The predicted octanol–water partition coefficient (Wildman–Crippen LogP) is 7.49. The van der Waals surface area contributed by atoms with Crippen molar-refractivity contribution in [3.05, 3.63) is 46.2 Å². The monoisotopic (exact) mass is 743 g/mol. The van der Waals surface area contributed by atoms with E-state index >= 15 is 0 Å². The predicted molar refractivity (Wildman–Crippen MR) is 190 cm³/mol. The molecule has 3 aliphatic rings. The lowest BCUT2D eigenvalue weighted by Gasteiger charge is -2.33. The maximum absolute atomic E-state index is 13.2. The Morgan fingerprint density at radius 3 is 2.58 bits per heavy atom. The molecule has 1 saturated heterocycles. The van der Waals surface area contributed by atoms with Gasteiger partial charge in [0.25, 0.3) is 5.91 Å². The van der Waals surface area contributed by atoms with E-state index in [1.165, 1.54) is 17.3 Å². The Balaban J connectivity index is 1.17. The molecule has 2 aliphatic heterocycles. The summed E-state index contributed by atoms with van der Waals surface area (Å²) in [5.41, 5.74) is 7.26. The summed E-state index contributed by atoms with van der Waals surface area (Å²) in [4.78, 5) is 37.0. The average molecular weight is 744 g/mol. The van der Waals surface area contributed by atoms with Gasteiger partial charge in [0, 0.05) is 43.3 Å². The number of aliphatic imine (C=N–C) groups is 1. The lowest BCUT2D eigenvalue weighted by Crippen LogP contribution is -2.45. The zero-order valence-corrected chi connectivity index (χ0v) is 31.1. The van der Waals surface area contributed by atoms with Gasteiger partial charge in [-0.3, -0.25) is 19.5 Å². The lowest BCUT2D eigenvalue weighted by molar-refractivity contribution is -0.192. The smallest absolute Gasteiger partial charge is 0.410 e. The molecule has 1 saturated carbocycles. The quantitative estimate of drug-likeness (QED) is 0.0767. The molecule has 50 heavy (non-hydrogen) atoms. The van der Waals surface area contributed by atoms with Crippen molar-refractivity contribution in [3.63, 3.8) is 0 Å². The Bertz CT molecular complexity index is 1480. The fourth-order valence-corrected chi connectivity index (χ4v) is 6.86. The average Bonchev–Trinajstić information content (AvgIpc) is 3.56. The highest BCUT2D eigenvalue weighted by atomic mass is 35.5. The maximum atomic E-state index is 13.2. The third kappa shape index (κ3) is 10.5. The Hall–Kier alpha value is -3.01. The van der Waals surface area contributed by atoms with Crippen molar-refractivity contribution in [2.75, 3.05) is 24.7 Å². The van der Waals surface area contributed by atoms with Gasteiger partial charge in [-0.25, -0.2) is 9.78 Å². The van der Waals surface area contributed by atoms with E-state index in [0.717, 1.165) is 37.6 Å². The number of carbonyl (C=O) groups is 2. The van der Waals surface area contributed by atoms with Crippen LogP contribution in [0.15, 0.2) is 40.5 Å². The number of unbranched alkanes of at least 4 members (excludes halogenated alkanes) is 1. The zero-order valence-electron chi connectivity index (χ0n) is 29.5. The molecule has 2 atom stereocenters. The van der Waals surface area contributed by atoms with Crippen molar-refractivity contribution < 1.29 is 32.2 Å². The van der Waals surface area contributed by atoms with E-state index in [4.69, 9.17) is 26.8 Å². The number of pyridine rings is 1. The van der Waals surface area contributed by atoms with Crippen LogP contribution < -0.4 is 20.9 Å². The highest BCUT2D eigenvalue weighted by Crippen LogP contribution is 2.59. The molecule has 4 N–H and O–H groups in total. The number of alkyl halides is 3. The number of nitrogens with two attached hydrogens (primary N) is 1. The number of halogens is 4. The molecule has 3 heterocycles. The molecule has 2 amide bonds. The Kier molecular flexibility index (Phi) is 12.8. The number of ether oxygens (including phenoxy) is 2. The summed E-state index contributed by atoms with van der Waals surface area (Å²) >= 11 is 7.38. The highest BCUT2D eigenvalue weighted by Gasteiger charge is 2.62. The third-order valence-electron chi connectivity index (χ3n) is 9.04. The van der Waals surface area contributed by atoms with Gasteiger partial charge in [0.15, 0.2) is 0 Å². The van der Waals surface area contributed by atoms with Crippen molar-refractivity contribution in [1.29, 1.82) is 0 Å². The number of aromatic nitrogens is 1. The highest BCUT2D eigenvalue weighted by molar-refractivity contribution is 8.02. The maximum Gasteiger partial charge on any atom is 0.410 e. The number of rotatable bonds is 14. The van der Waals surface area contributed by atoms with Gasteiger partial charge < -0.3 is 20.1 Å². The fourth-order valence-electron chi connectivity index (χ4n) is 6.03. The second-order valence-corrected chi connectivity index (χ2v) is 15.9. The van der Waals surface area contributed by atoms with E-state index < -0.39 is 29.3 Å². The molecule has 0 spiro atoms. The summed E-state index contributed by atoms with van der Waals surface area (Å²) in [6, 6.07) is 3.11. The van der Waals surface area contributed by atoms with E-state index in [-0.39, 0.29) is 48.2 Å². The summed E-state index contributed by atoms with van der Waals surface area (Å²) in [5.74, 6) is 0.297. The number of amides is 2. The van der Waals surface area contributed by atoms with Gasteiger partial charge in [-0.05, 0) is 116 Å². The molecule has 0 aromatic carbocycles. The van der Waals surface area contributed by atoms with Gasteiger partial charge in [0.1, 0.15) is 22.8 Å². The number of carbonyl (C=O) groups excluding carboxylic acids is 2. The van der Waals surface area contributed by atoms with Gasteiger partial charge in [-0.1, -0.05) is 18.0 Å². The Morgan fingerprint density at radius 2 is 1.96 bits per heavy atom. The summed E-state index contributed by atoms with van der Waals surface area (Å²) in [6.45, 7) is 12.8. The summed E-state index contributed by atoms with van der Waals surface area (Å²) in [6.07, 6.45) is 3.50. The van der Waals surface area contributed by atoms with Gasteiger partial charge in [0.2, 0.25) is 0 Å². The van der Waals surface area contributed by atoms with Crippen LogP contribution in [0.4, 0.5) is 23.8 Å². The second-order valence-electron chi connectivity index (χ2n) is 14.7. The first kappa shape index (κ1) is 39.8. The number of likely N-dealkylation sites (tertiary alicyclic amines) is 1. The third-order valence-corrected chi connectivity index (χ3v) is 10.3. The summed E-state index contributed by atoms with van der Waals surface area (Å²) in [5, 5.41) is 1.48. The van der Waals surface area contributed by atoms with Gasteiger partial charge >= 0.3 is 12.3 Å². The van der Waals surface area contributed by atoms with Crippen LogP contribution in [0.25, 0.3) is 0 Å². The lowest BCUT2D eigenvalue weighted by atomic mass is 9.93. The fraction of sp³-hybridized carbons (Fsp3) is 0.647. The summed E-state index contributed by atoms with van der Waals surface area (Å²) < 4.78 is 53.4. The first-order chi connectivity index (χ1) is 23.3. The summed E-state index contributed by atoms with van der Waals surface area (Å²) in [7, 11) is 0. The van der Waals surface area contributed by atoms with Crippen LogP contribution in [-0.4, -0.2) is 70.8 Å². The minimum atomic E-state index is -4.21. The number of hydrogen-bond donors (Lipinski definition) is 3. The molecular formula is C34H49ClF3N7O4S. The van der Waals surface area contributed by atoms with Crippen LogP contribution in [0.1, 0.15) is 96.8 Å². The standard InChI is InChI=1S/C34H49ClF3N7O4S/c1-22(40-16-8-7-9-23-19-32(5,6)44(21-23)30(47)49-31(2,3)4)25(20-39)50-43-29(46)24-10-11-26(41-28(24)35)45-17-12-27(42-45)48-18-15-33(13-14-33)34(36,37)38/h10-12,17,20,23,27,42H,7-9,13-16,18-19,21,39H2,1-6H3,(H,43,46). The van der Waals surface area contributed by atoms with E-state index in [9.17, 15) is 22.8 Å². The van der Waals surface area contributed by atoms with E-state index in [0.29, 0.717) is 35.4 Å². The Morgan fingerprint density at radius 1 is 1.24 bits per heavy atom. The minimum Gasteiger partial charge on any atom is -0.444 e. The normalized spacial score (nSPS) is 21.9. The van der Waals surface area contributed by atoms with E-state index in [1.54, 1.807) is 18.3 Å². The number of nitrogens with one attached hydrogen (secondary N) is 2. The topological polar surface area (TPSA) is 134 Å². The molecule has 4 rings (SSSR count). The molecule has 1 aromatic rings. The van der Waals surface area contributed by atoms with Gasteiger partial charge in [0.05, 0.1) is 15.9 Å². The van der Waals surface area contributed by atoms with Crippen LogP contribution in [0, 0.1) is 11.3 Å². The molecule has 0 radical (unpaired) electrons. The molecular weight excluding hydrogens is 695 g/mol. The number of allylic oxidation sites excluding steroid dienone is 1. The van der Waals surface area contributed by atoms with Crippen LogP contribution in [0.2, 0.25) is 5.15 Å². The van der Waals surface area contributed by atoms with Crippen LogP contribution in [0.3, 0.4) is 0 Å². The van der Waals surface area contributed by atoms with Crippen LogP contribution in [0.5, 0.6) is 0 Å². The molecule has 11 nitrogen and oxygen atoms in total. The number of hydrogen-bond acceptors (Lipinski definition) is 10. The van der Waals surface area contributed by atoms with Gasteiger partial charge in [-0.2, -0.15) is 18.6 Å². The van der Waals surface area contributed by atoms with Crippen LogP contribution >= 0.6 is 23.5 Å². The molecule has 2 fully saturated rings. The first-order valence-electron chi connectivity index (χ1n) is 16.8. The second kappa shape index (κ2) is 16.1. The van der Waals surface area contributed by atoms with Crippen molar-refractivity contribution in [2.45, 2.75) is 110 Å². The van der Waals surface area contributed by atoms with E-state index in [1.807, 2.05) is 32.6 Å². The van der Waals surface area contributed by atoms with Crippen LogP contribution in [-0.2, 0) is 9.47 Å². The number of hydrazine groups is 1.